The van der Waals surface area contributed by atoms with Gasteiger partial charge in [0.1, 0.15) is 0 Å². The molecule has 1 heterocycles. The lowest BCUT2D eigenvalue weighted by Crippen LogP contribution is -2.18. The molecule has 8 heteroatoms. The first-order valence-corrected chi connectivity index (χ1v) is 9.28. The van der Waals surface area contributed by atoms with E-state index in [0.717, 1.165) is 5.56 Å². The third-order valence-corrected chi connectivity index (χ3v) is 4.63. The van der Waals surface area contributed by atoms with E-state index >= 15 is 0 Å². The van der Waals surface area contributed by atoms with Crippen LogP contribution in [0.4, 0.5) is 5.69 Å². The van der Waals surface area contributed by atoms with E-state index in [1.807, 2.05) is 31.2 Å². The van der Waals surface area contributed by atoms with Gasteiger partial charge in [0.2, 0.25) is 11.1 Å². The molecule has 1 aromatic heterocycles. The molecule has 0 radical (unpaired) electrons. The van der Waals surface area contributed by atoms with E-state index in [1.54, 1.807) is 31.3 Å². The molecule has 0 bridgehead atoms. The maximum atomic E-state index is 12.1. The average molecular weight is 381 g/mol. The molecule has 0 atom stereocenters. The van der Waals surface area contributed by atoms with Gasteiger partial charge in [0.25, 0.3) is 5.91 Å². The number of carbonyl (C=O) groups is 2. The molecule has 7 nitrogen and oxygen atoms in total. The number of aromatic nitrogens is 3. The molecule has 27 heavy (non-hydrogen) atoms. The third-order valence-electron chi connectivity index (χ3n) is 3.78. The van der Waals surface area contributed by atoms with E-state index in [0.29, 0.717) is 22.2 Å². The van der Waals surface area contributed by atoms with Crippen molar-refractivity contribution < 1.29 is 9.59 Å². The lowest BCUT2D eigenvalue weighted by atomic mass is 10.1. The minimum Gasteiger partial charge on any atom is -0.355 e. The van der Waals surface area contributed by atoms with Gasteiger partial charge in [-0.2, -0.15) is 0 Å². The zero-order valence-corrected chi connectivity index (χ0v) is 15.8. The number of aryl methyl sites for hydroxylation is 1. The Morgan fingerprint density at radius 2 is 1.78 bits per heavy atom. The standard InChI is InChI=1S/C19H19N5O2S/c1-12-3-5-13(6-4-12)17-22-19(24-23-17)27-11-16(25)21-15-9-7-14(8-10-15)18(26)20-2/h3-10H,11H2,1-2H3,(H,20,26)(H,21,25)(H,22,23,24). The Morgan fingerprint density at radius 3 is 2.44 bits per heavy atom. The number of nitrogens with one attached hydrogen (secondary N) is 3. The number of amides is 2. The predicted molar refractivity (Wildman–Crippen MR) is 106 cm³/mol. The number of H-pyrrole nitrogens is 1. The number of hydrogen-bond donors (Lipinski definition) is 3. The van der Waals surface area contributed by atoms with Gasteiger partial charge in [-0.3, -0.25) is 14.7 Å². The van der Waals surface area contributed by atoms with Crippen molar-refractivity contribution in [3.63, 3.8) is 0 Å². The zero-order valence-electron chi connectivity index (χ0n) is 14.9. The van der Waals surface area contributed by atoms with Crippen LogP contribution >= 0.6 is 11.8 Å². The summed E-state index contributed by atoms with van der Waals surface area (Å²) in [6, 6.07) is 14.7. The van der Waals surface area contributed by atoms with Crippen LogP contribution in [-0.2, 0) is 4.79 Å². The normalized spacial score (nSPS) is 10.4. The Hall–Kier alpha value is -3.13. The van der Waals surface area contributed by atoms with E-state index in [2.05, 4.69) is 25.8 Å². The Kier molecular flexibility index (Phi) is 5.87. The van der Waals surface area contributed by atoms with Crippen LogP contribution in [0.3, 0.4) is 0 Å². The van der Waals surface area contributed by atoms with Gasteiger partial charge in [0.15, 0.2) is 5.82 Å². The third kappa shape index (κ3) is 4.95. The fraction of sp³-hybridized carbons (Fsp3) is 0.158. The van der Waals surface area contributed by atoms with Gasteiger partial charge in [-0.15, -0.1) is 5.10 Å². The van der Waals surface area contributed by atoms with Gasteiger partial charge in [-0.1, -0.05) is 41.6 Å². The fourth-order valence-corrected chi connectivity index (χ4v) is 2.93. The summed E-state index contributed by atoms with van der Waals surface area (Å²) in [5.41, 5.74) is 3.28. The van der Waals surface area contributed by atoms with E-state index in [4.69, 9.17) is 0 Å². The zero-order chi connectivity index (χ0) is 19.2. The molecule has 138 valence electrons. The van der Waals surface area contributed by atoms with Crippen molar-refractivity contribution >= 4 is 29.3 Å². The summed E-state index contributed by atoms with van der Waals surface area (Å²) in [5.74, 6) is 0.511. The molecule has 0 saturated carbocycles. The van der Waals surface area contributed by atoms with E-state index < -0.39 is 0 Å². The first-order chi connectivity index (χ1) is 13.0. The largest absolute Gasteiger partial charge is 0.355 e. The van der Waals surface area contributed by atoms with Crippen LogP contribution in [0.25, 0.3) is 11.4 Å². The molecule has 2 amide bonds. The van der Waals surface area contributed by atoms with Gasteiger partial charge < -0.3 is 10.6 Å². The van der Waals surface area contributed by atoms with Crippen molar-refractivity contribution in [1.82, 2.24) is 20.5 Å². The minimum atomic E-state index is -0.172. The molecule has 3 rings (SSSR count). The summed E-state index contributed by atoms with van der Waals surface area (Å²) in [4.78, 5) is 28.0. The molecule has 0 fully saturated rings. The van der Waals surface area contributed by atoms with Crippen LogP contribution in [0.15, 0.2) is 53.7 Å². The van der Waals surface area contributed by atoms with E-state index in [1.165, 1.54) is 17.3 Å². The van der Waals surface area contributed by atoms with Gasteiger partial charge >= 0.3 is 0 Å². The number of nitrogens with zero attached hydrogens (tertiary/aromatic N) is 2. The second-order valence-corrected chi connectivity index (χ2v) is 6.77. The predicted octanol–water partition coefficient (Wildman–Crippen LogP) is 2.87. The SMILES string of the molecule is CNC(=O)c1ccc(NC(=O)CSc2n[nH]c(-c3ccc(C)cc3)n2)cc1. The van der Waals surface area contributed by atoms with Crippen LogP contribution in [0.5, 0.6) is 0 Å². The van der Waals surface area contributed by atoms with Crippen molar-refractivity contribution in [2.24, 2.45) is 0 Å². The fourth-order valence-electron chi connectivity index (χ4n) is 2.33. The molecular weight excluding hydrogens is 362 g/mol. The highest BCUT2D eigenvalue weighted by Crippen LogP contribution is 2.20. The summed E-state index contributed by atoms with van der Waals surface area (Å²) < 4.78 is 0. The summed E-state index contributed by atoms with van der Waals surface area (Å²) >= 11 is 1.25. The number of carbonyl (C=O) groups excluding carboxylic acids is 2. The first kappa shape index (κ1) is 18.7. The Labute approximate surface area is 161 Å². The lowest BCUT2D eigenvalue weighted by molar-refractivity contribution is -0.113. The number of thioether (sulfide) groups is 1. The second kappa shape index (κ2) is 8.50. The summed E-state index contributed by atoms with van der Waals surface area (Å²) in [7, 11) is 1.57. The molecule has 2 aromatic carbocycles. The van der Waals surface area contributed by atoms with Crippen LogP contribution in [0, 0.1) is 6.92 Å². The molecule has 0 saturated heterocycles. The number of rotatable bonds is 6. The van der Waals surface area contributed by atoms with Gasteiger partial charge in [0.05, 0.1) is 5.75 Å². The quantitative estimate of drug-likeness (QED) is 0.570. The van der Waals surface area contributed by atoms with Gasteiger partial charge in [-0.05, 0) is 31.2 Å². The highest BCUT2D eigenvalue weighted by atomic mass is 32.2. The van der Waals surface area contributed by atoms with Crippen LogP contribution in [-0.4, -0.2) is 39.8 Å². The van der Waals surface area contributed by atoms with Gasteiger partial charge in [-0.25, -0.2) is 4.98 Å². The number of benzene rings is 2. The second-order valence-electron chi connectivity index (χ2n) is 5.83. The van der Waals surface area contributed by atoms with Crippen molar-refractivity contribution in [2.45, 2.75) is 12.1 Å². The molecule has 3 N–H and O–H groups in total. The van der Waals surface area contributed by atoms with Crippen molar-refractivity contribution in [1.29, 1.82) is 0 Å². The first-order valence-electron chi connectivity index (χ1n) is 8.29. The highest BCUT2D eigenvalue weighted by Gasteiger charge is 2.10. The van der Waals surface area contributed by atoms with Crippen molar-refractivity contribution in [2.75, 3.05) is 18.1 Å². The van der Waals surface area contributed by atoms with Crippen LogP contribution < -0.4 is 10.6 Å². The molecular formula is C19H19N5O2S. The molecule has 0 aliphatic rings. The Bertz CT molecular complexity index is 935. The smallest absolute Gasteiger partial charge is 0.251 e. The Morgan fingerprint density at radius 1 is 1.07 bits per heavy atom. The maximum Gasteiger partial charge on any atom is 0.251 e. The van der Waals surface area contributed by atoms with Crippen molar-refractivity contribution in [3.05, 3.63) is 59.7 Å². The van der Waals surface area contributed by atoms with Crippen LogP contribution in [0.2, 0.25) is 0 Å². The number of hydrogen-bond acceptors (Lipinski definition) is 5. The molecule has 3 aromatic rings. The molecule has 0 unspecified atom stereocenters. The lowest BCUT2D eigenvalue weighted by Gasteiger charge is -2.05. The van der Waals surface area contributed by atoms with Crippen LogP contribution in [0.1, 0.15) is 15.9 Å². The molecule has 0 aliphatic heterocycles. The maximum absolute atomic E-state index is 12.1. The summed E-state index contributed by atoms with van der Waals surface area (Å²) in [5, 5.41) is 12.9. The monoisotopic (exact) mass is 381 g/mol. The Balaban J connectivity index is 1.53. The highest BCUT2D eigenvalue weighted by molar-refractivity contribution is 7.99. The minimum absolute atomic E-state index is 0.169. The van der Waals surface area contributed by atoms with E-state index in [9.17, 15) is 9.59 Å². The summed E-state index contributed by atoms with van der Waals surface area (Å²) in [6.45, 7) is 2.02. The van der Waals surface area contributed by atoms with E-state index in [-0.39, 0.29) is 17.6 Å². The number of anilines is 1. The topological polar surface area (TPSA) is 99.8 Å². The van der Waals surface area contributed by atoms with Crippen molar-refractivity contribution in [3.8, 4) is 11.4 Å². The van der Waals surface area contributed by atoms with Gasteiger partial charge in [0, 0.05) is 23.9 Å². The molecule has 0 aliphatic carbocycles. The molecule has 0 spiro atoms. The average Bonchev–Trinajstić information content (AvgIpc) is 3.16. The number of aromatic amines is 1. The summed E-state index contributed by atoms with van der Waals surface area (Å²) in [6.07, 6.45) is 0.